The molecule has 0 unspecified atom stereocenters. The molecule has 0 saturated heterocycles. The monoisotopic (exact) mass is 342 g/mol. The van der Waals surface area contributed by atoms with E-state index >= 15 is 0 Å². The first-order chi connectivity index (χ1) is 9.45. The van der Waals surface area contributed by atoms with Crippen LogP contribution in [-0.4, -0.2) is 19.7 Å². The van der Waals surface area contributed by atoms with Crippen LogP contribution in [0, 0.1) is 0 Å². The van der Waals surface area contributed by atoms with Crippen LogP contribution in [-0.2, 0) is 6.18 Å². The molecule has 20 heavy (non-hydrogen) atoms. The molecule has 0 atom stereocenters. The average molecular weight is 343 g/mol. The van der Waals surface area contributed by atoms with Crippen molar-refractivity contribution in [2.24, 2.45) is 0 Å². The summed E-state index contributed by atoms with van der Waals surface area (Å²) >= 11 is 3.28. The smallest absolute Gasteiger partial charge is 0.252 e. The van der Waals surface area contributed by atoms with Gasteiger partial charge >= 0.3 is 6.18 Å². The zero-order chi connectivity index (χ0) is 14.3. The van der Waals surface area contributed by atoms with Crippen LogP contribution in [0.15, 0.2) is 41.3 Å². The minimum absolute atomic E-state index is 0.261. The van der Waals surface area contributed by atoms with E-state index in [9.17, 15) is 13.2 Å². The van der Waals surface area contributed by atoms with Crippen molar-refractivity contribution in [2.75, 3.05) is 0 Å². The first kappa shape index (κ1) is 13.0. The average Bonchev–Trinajstić information content (AvgIpc) is 2.80. The molecule has 0 aromatic carbocycles. The number of rotatable bonds is 1. The van der Waals surface area contributed by atoms with Crippen LogP contribution >= 0.6 is 15.9 Å². The third kappa shape index (κ3) is 2.26. The van der Waals surface area contributed by atoms with Crippen molar-refractivity contribution in [3.63, 3.8) is 0 Å². The highest BCUT2D eigenvalue weighted by molar-refractivity contribution is 9.10. The Labute approximate surface area is 119 Å². The molecule has 3 rings (SSSR count). The minimum atomic E-state index is -4.49. The lowest BCUT2D eigenvalue weighted by Gasteiger charge is -2.08. The Hall–Kier alpha value is -1.96. The summed E-state index contributed by atoms with van der Waals surface area (Å²) in [6, 6.07) is 4.18. The highest BCUT2D eigenvalue weighted by atomic mass is 79.9. The number of nitrogens with zero attached hydrogens (tertiary/aromatic N) is 4. The Bertz CT molecular complexity index is 782. The van der Waals surface area contributed by atoms with Crippen LogP contribution in [0.5, 0.6) is 0 Å². The molecule has 0 bridgehead atoms. The molecule has 3 heterocycles. The molecular weight excluding hydrogens is 337 g/mol. The quantitative estimate of drug-likeness (QED) is 0.678. The highest BCUT2D eigenvalue weighted by Gasteiger charge is 2.32. The summed E-state index contributed by atoms with van der Waals surface area (Å²) < 4.78 is 40.1. The summed E-state index contributed by atoms with van der Waals surface area (Å²) in [7, 11) is 0. The molecule has 0 aliphatic heterocycles. The molecule has 0 fully saturated rings. The van der Waals surface area contributed by atoms with Gasteiger partial charge in [0.15, 0.2) is 5.65 Å². The SMILES string of the molecule is FC(F)(F)c1cc(-n2ncc3cc(Br)cnc32)ccn1. The van der Waals surface area contributed by atoms with Gasteiger partial charge in [0.25, 0.3) is 0 Å². The molecule has 0 saturated carbocycles. The molecule has 0 aliphatic carbocycles. The normalized spacial score (nSPS) is 12.0. The third-order valence-corrected chi connectivity index (χ3v) is 3.09. The van der Waals surface area contributed by atoms with E-state index in [2.05, 4.69) is 31.0 Å². The van der Waals surface area contributed by atoms with Gasteiger partial charge in [-0.2, -0.15) is 18.3 Å². The molecular formula is C12H6BrF3N4. The Balaban J connectivity index is 2.16. The number of aromatic nitrogens is 4. The van der Waals surface area contributed by atoms with Gasteiger partial charge in [0.1, 0.15) is 5.69 Å². The number of fused-ring (bicyclic) bond motifs is 1. The van der Waals surface area contributed by atoms with E-state index in [-0.39, 0.29) is 5.69 Å². The summed E-state index contributed by atoms with van der Waals surface area (Å²) in [5.41, 5.74) is -0.222. The maximum Gasteiger partial charge on any atom is 0.433 e. The molecule has 8 heteroatoms. The summed E-state index contributed by atoms with van der Waals surface area (Å²) in [5, 5.41) is 4.79. The zero-order valence-corrected chi connectivity index (χ0v) is 11.4. The fourth-order valence-electron chi connectivity index (χ4n) is 1.79. The lowest BCUT2D eigenvalue weighted by Crippen LogP contribution is -2.09. The maximum atomic E-state index is 12.7. The van der Waals surface area contributed by atoms with Crippen LogP contribution in [0.1, 0.15) is 5.69 Å². The largest absolute Gasteiger partial charge is 0.433 e. The molecule has 0 spiro atoms. The minimum Gasteiger partial charge on any atom is -0.252 e. The van der Waals surface area contributed by atoms with Gasteiger partial charge in [-0.3, -0.25) is 4.98 Å². The van der Waals surface area contributed by atoms with Crippen LogP contribution in [0.4, 0.5) is 13.2 Å². The number of halogens is 4. The van der Waals surface area contributed by atoms with E-state index in [1.165, 1.54) is 10.7 Å². The van der Waals surface area contributed by atoms with Gasteiger partial charge < -0.3 is 0 Å². The Morgan fingerprint density at radius 2 is 1.90 bits per heavy atom. The Morgan fingerprint density at radius 1 is 1.10 bits per heavy atom. The fourth-order valence-corrected chi connectivity index (χ4v) is 2.14. The third-order valence-electron chi connectivity index (χ3n) is 2.65. The van der Waals surface area contributed by atoms with E-state index in [0.717, 1.165) is 22.1 Å². The molecule has 3 aromatic rings. The molecule has 4 nitrogen and oxygen atoms in total. The zero-order valence-electron chi connectivity index (χ0n) is 9.76. The highest BCUT2D eigenvalue weighted by Crippen LogP contribution is 2.29. The second-order valence-electron chi connectivity index (χ2n) is 4.02. The number of hydrogen-bond donors (Lipinski definition) is 0. The van der Waals surface area contributed by atoms with Crippen LogP contribution in [0.25, 0.3) is 16.7 Å². The van der Waals surface area contributed by atoms with Crippen molar-refractivity contribution in [2.45, 2.75) is 6.18 Å². The van der Waals surface area contributed by atoms with E-state index < -0.39 is 11.9 Å². The summed E-state index contributed by atoms with van der Waals surface area (Å²) in [6.07, 6.45) is -0.285. The number of pyridine rings is 2. The van der Waals surface area contributed by atoms with Crippen molar-refractivity contribution in [1.82, 2.24) is 19.7 Å². The standard InChI is InChI=1S/C12H6BrF3N4/c13-8-3-7-5-19-20(11(7)18-6-8)9-1-2-17-10(4-9)12(14,15)16/h1-6H. The van der Waals surface area contributed by atoms with Gasteiger partial charge in [-0.15, -0.1) is 0 Å². The molecule has 0 aliphatic rings. The number of alkyl halides is 3. The summed E-state index contributed by atoms with van der Waals surface area (Å²) in [4.78, 5) is 7.48. The van der Waals surface area contributed by atoms with Crippen molar-refractivity contribution in [3.05, 3.63) is 47.0 Å². The predicted molar refractivity (Wildman–Crippen MR) is 69.4 cm³/mol. The van der Waals surface area contributed by atoms with Gasteiger partial charge in [-0.05, 0) is 34.1 Å². The van der Waals surface area contributed by atoms with Crippen molar-refractivity contribution >= 4 is 27.0 Å². The van der Waals surface area contributed by atoms with Gasteiger partial charge in [0.2, 0.25) is 0 Å². The molecule has 102 valence electrons. The van der Waals surface area contributed by atoms with Crippen LogP contribution in [0.2, 0.25) is 0 Å². The van der Waals surface area contributed by atoms with Crippen molar-refractivity contribution < 1.29 is 13.2 Å². The van der Waals surface area contributed by atoms with E-state index in [1.54, 1.807) is 18.5 Å². The Morgan fingerprint density at radius 3 is 2.65 bits per heavy atom. The van der Waals surface area contributed by atoms with Crippen molar-refractivity contribution in [1.29, 1.82) is 0 Å². The van der Waals surface area contributed by atoms with Gasteiger partial charge in [0.05, 0.1) is 11.9 Å². The molecule has 0 radical (unpaired) electrons. The van der Waals surface area contributed by atoms with Crippen molar-refractivity contribution in [3.8, 4) is 5.69 Å². The lowest BCUT2D eigenvalue weighted by molar-refractivity contribution is -0.141. The second kappa shape index (κ2) is 4.55. The van der Waals surface area contributed by atoms with E-state index in [4.69, 9.17) is 0 Å². The molecule has 0 amide bonds. The molecule has 0 N–H and O–H groups in total. The van der Waals surface area contributed by atoms with Gasteiger partial charge in [-0.1, -0.05) is 0 Å². The maximum absolute atomic E-state index is 12.7. The second-order valence-corrected chi connectivity index (χ2v) is 4.94. The van der Waals surface area contributed by atoms with E-state index in [0.29, 0.717) is 5.65 Å². The fraction of sp³-hybridized carbons (Fsp3) is 0.0833. The summed E-state index contributed by atoms with van der Waals surface area (Å²) in [5.74, 6) is 0. The van der Waals surface area contributed by atoms with Crippen LogP contribution in [0.3, 0.4) is 0 Å². The van der Waals surface area contributed by atoms with E-state index in [1.807, 2.05) is 0 Å². The Kier molecular flexibility index (Phi) is 2.97. The van der Waals surface area contributed by atoms with Crippen LogP contribution < -0.4 is 0 Å². The lowest BCUT2D eigenvalue weighted by atomic mass is 10.3. The topological polar surface area (TPSA) is 43.6 Å². The molecule has 3 aromatic heterocycles. The number of hydrogen-bond acceptors (Lipinski definition) is 3. The first-order valence-corrected chi connectivity index (χ1v) is 6.27. The van der Waals surface area contributed by atoms with Gasteiger partial charge in [-0.25, -0.2) is 9.67 Å². The first-order valence-electron chi connectivity index (χ1n) is 5.48. The van der Waals surface area contributed by atoms with Gasteiger partial charge in [0, 0.05) is 22.3 Å². The predicted octanol–water partition coefficient (Wildman–Crippen LogP) is 3.60. The summed E-state index contributed by atoms with van der Waals surface area (Å²) in [6.45, 7) is 0.